The van der Waals surface area contributed by atoms with Crippen LogP contribution in [0.4, 0.5) is 0 Å². The molecule has 0 atom stereocenters. The number of aromatic hydroxyl groups is 4. The zero-order chi connectivity index (χ0) is 69.3. The molecule has 0 heterocycles. The van der Waals surface area contributed by atoms with E-state index in [1.54, 1.807) is 6.92 Å². The van der Waals surface area contributed by atoms with Crippen LogP contribution in [0.25, 0.3) is 0 Å². The Bertz CT molecular complexity index is 2600. The van der Waals surface area contributed by atoms with Gasteiger partial charge in [-0.15, -0.1) is 0 Å². The van der Waals surface area contributed by atoms with Crippen molar-refractivity contribution in [3.63, 3.8) is 0 Å². The van der Waals surface area contributed by atoms with Crippen LogP contribution in [-0.2, 0) is 112 Å². The van der Waals surface area contributed by atoms with Crippen LogP contribution < -0.4 is 0 Å². The number of phenolic OH excluding ortho intramolecular Hbond substituents is 4. The molecule has 0 spiro atoms. The van der Waals surface area contributed by atoms with Crippen LogP contribution in [-0.4, -0.2) is 81.8 Å². The molecular formula is C76H114O14. The lowest BCUT2D eigenvalue weighted by molar-refractivity contribution is -0.170. The highest BCUT2D eigenvalue weighted by Gasteiger charge is 2.39. The molecule has 90 heavy (non-hydrogen) atoms. The summed E-state index contributed by atoms with van der Waals surface area (Å²) in [6, 6.07) is 15.4. The molecule has 5 N–H and O–H groups in total. The molecule has 0 aromatic heterocycles. The lowest BCUT2D eigenvalue weighted by Crippen LogP contribution is -2.44. The highest BCUT2D eigenvalue weighted by atomic mass is 16.6. The molecule has 4 aromatic carbocycles. The van der Waals surface area contributed by atoms with Gasteiger partial charge in [-0.3, -0.25) is 24.0 Å². The van der Waals surface area contributed by atoms with Gasteiger partial charge in [0, 0.05) is 32.1 Å². The fraction of sp³-hybridized carbons (Fsp3) is 0.618. The normalized spacial score (nSPS) is 12.9. The molecule has 0 radical (unpaired) electrons. The van der Waals surface area contributed by atoms with Gasteiger partial charge in [0.2, 0.25) is 0 Å². The highest BCUT2D eigenvalue weighted by Crippen LogP contribution is 2.44. The maximum atomic E-state index is 14.1. The zero-order valence-electron chi connectivity index (χ0n) is 59.7. The van der Waals surface area contributed by atoms with Crippen LogP contribution in [0.3, 0.4) is 0 Å². The van der Waals surface area contributed by atoms with Crippen molar-refractivity contribution >= 4 is 29.8 Å². The van der Waals surface area contributed by atoms with Crippen molar-refractivity contribution in [3.8, 4) is 23.0 Å². The second-order valence-electron chi connectivity index (χ2n) is 33.0. The molecule has 4 rings (SSSR count). The topological polar surface area (TPSA) is 223 Å². The SMILES string of the molecule is CC(C)(C)c1cc(CCC(=O)OCC(COC(=O)CCc2cc(C(C)(C)C)c(O)c(C(C)(C)C)c2)(COC(=O)CCc2cc(C(C)(C)C)c(O)c(C(C)(C)C)c2)COC(=O)CCc2cc(C(C)(C)C)c(O)c(C(C)(C)C)c2)cc(C(C)(C)C)c1O.CCC(=O)O. The van der Waals surface area contributed by atoms with E-state index in [0.29, 0.717) is 0 Å². The van der Waals surface area contributed by atoms with E-state index in [0.717, 1.165) is 66.8 Å². The van der Waals surface area contributed by atoms with Crippen molar-refractivity contribution < 1.29 is 68.5 Å². The van der Waals surface area contributed by atoms with Crippen LogP contribution >= 0.6 is 0 Å². The number of hydrogen-bond acceptors (Lipinski definition) is 13. The van der Waals surface area contributed by atoms with Crippen LogP contribution in [0.15, 0.2) is 48.5 Å². The number of benzene rings is 4. The quantitative estimate of drug-likeness (QED) is 0.0387. The fourth-order valence-electron chi connectivity index (χ4n) is 10.4. The fourth-order valence-corrected chi connectivity index (χ4v) is 10.4. The summed E-state index contributed by atoms with van der Waals surface area (Å²) in [6.45, 7) is 48.3. The molecule has 4 aromatic rings. The molecule has 0 aliphatic carbocycles. The van der Waals surface area contributed by atoms with Crippen molar-refractivity contribution in [2.24, 2.45) is 5.41 Å². The average molecular weight is 1250 g/mol. The van der Waals surface area contributed by atoms with Gasteiger partial charge in [-0.2, -0.15) is 0 Å². The Morgan fingerprint density at radius 1 is 0.300 bits per heavy atom. The predicted molar refractivity (Wildman–Crippen MR) is 360 cm³/mol. The number of carboxylic acids is 1. The number of carbonyl (C=O) groups excluding carboxylic acids is 4. The minimum Gasteiger partial charge on any atom is -0.507 e. The first kappa shape index (κ1) is 77.7. The Kier molecular flexibility index (Phi) is 25.7. The standard InChI is InChI=1S/C73H108O12.C3H6O2/c1-65(2,3)49-33-45(34-50(61(49)78)66(4,5)6)25-29-57(74)82-41-73(42-83-58(75)30-26-46-35-51(67(7,8)9)62(79)52(36-46)68(10,11)12,43-84-59(76)31-27-47-37-53(69(13,14)15)63(80)54(38-47)70(16,17)18)44-85-60(77)32-28-48-39-55(71(19,20)21)64(81)56(40-48)72(22,23)24;1-2-3(4)5/h33-40,78-81H,25-32,41-44H2,1-24H3;2H2,1H3,(H,4,5). The van der Waals surface area contributed by atoms with Gasteiger partial charge in [-0.1, -0.05) is 222 Å². The van der Waals surface area contributed by atoms with Gasteiger partial charge < -0.3 is 44.5 Å². The van der Waals surface area contributed by atoms with E-state index in [2.05, 4.69) is 0 Å². The third kappa shape index (κ3) is 23.0. The molecule has 0 unspecified atom stereocenters. The summed E-state index contributed by atoms with van der Waals surface area (Å²) >= 11 is 0. The lowest BCUT2D eigenvalue weighted by Gasteiger charge is -2.32. The highest BCUT2D eigenvalue weighted by molar-refractivity contribution is 5.72. The first-order valence-corrected chi connectivity index (χ1v) is 32.0. The molecule has 0 amide bonds. The maximum Gasteiger partial charge on any atom is 0.306 e. The Labute approximate surface area is 540 Å². The summed E-state index contributed by atoms with van der Waals surface area (Å²) in [5.74, 6) is -2.23. The van der Waals surface area contributed by atoms with Gasteiger partial charge in [-0.05, 0) is 136 Å². The van der Waals surface area contributed by atoms with Crippen LogP contribution in [0.5, 0.6) is 23.0 Å². The molecule has 0 fully saturated rings. The molecular weight excluding hydrogens is 1140 g/mol. The van der Waals surface area contributed by atoms with E-state index in [9.17, 15) is 44.4 Å². The summed E-state index contributed by atoms with van der Waals surface area (Å²) in [4.78, 5) is 65.8. The number of aryl methyl sites for hydroxylation is 4. The first-order chi connectivity index (χ1) is 40.7. The number of rotatable bonds is 21. The van der Waals surface area contributed by atoms with Crippen LogP contribution in [0, 0.1) is 5.41 Å². The molecule has 0 saturated carbocycles. The van der Waals surface area contributed by atoms with Gasteiger partial charge >= 0.3 is 29.8 Å². The van der Waals surface area contributed by atoms with E-state index >= 15 is 0 Å². The van der Waals surface area contributed by atoms with E-state index in [1.807, 2.05) is 215 Å². The molecule has 0 aliphatic rings. The van der Waals surface area contributed by atoms with E-state index in [4.69, 9.17) is 24.1 Å². The monoisotopic (exact) mass is 1250 g/mol. The number of esters is 4. The third-order valence-electron chi connectivity index (χ3n) is 16.1. The second kappa shape index (κ2) is 29.8. The van der Waals surface area contributed by atoms with Gasteiger partial charge in [-0.25, -0.2) is 0 Å². The Morgan fingerprint density at radius 2 is 0.433 bits per heavy atom. The number of aliphatic carboxylic acids is 1. The predicted octanol–water partition coefficient (Wildman–Crippen LogP) is 16.4. The maximum absolute atomic E-state index is 14.1. The van der Waals surface area contributed by atoms with Crippen molar-refractivity contribution in [2.45, 2.75) is 274 Å². The molecule has 0 saturated heterocycles. The summed E-state index contributed by atoms with van der Waals surface area (Å²) in [6.07, 6.45) is 1.08. The Morgan fingerprint density at radius 3 is 0.544 bits per heavy atom. The van der Waals surface area contributed by atoms with Crippen molar-refractivity contribution in [1.29, 1.82) is 0 Å². The smallest absolute Gasteiger partial charge is 0.306 e. The van der Waals surface area contributed by atoms with Crippen molar-refractivity contribution in [2.75, 3.05) is 26.4 Å². The van der Waals surface area contributed by atoms with Crippen LogP contribution in [0.2, 0.25) is 0 Å². The number of hydrogen-bond donors (Lipinski definition) is 5. The Balaban J connectivity index is 0.00000406. The van der Waals surface area contributed by atoms with E-state index < -0.39 is 105 Å². The largest absolute Gasteiger partial charge is 0.507 e. The second-order valence-corrected chi connectivity index (χ2v) is 33.0. The average Bonchev–Trinajstić information content (AvgIpc) is 0.834. The minimum atomic E-state index is -1.58. The number of ether oxygens (including phenoxy) is 4. The molecule has 502 valence electrons. The van der Waals surface area contributed by atoms with Gasteiger partial charge in [0.15, 0.2) is 0 Å². The van der Waals surface area contributed by atoms with Crippen molar-refractivity contribution in [1.82, 2.24) is 0 Å². The molecule has 14 nitrogen and oxygen atoms in total. The van der Waals surface area contributed by atoms with Crippen molar-refractivity contribution in [3.05, 3.63) is 115 Å². The molecule has 0 bridgehead atoms. The lowest BCUT2D eigenvalue weighted by atomic mass is 9.78. The first-order valence-electron chi connectivity index (χ1n) is 32.0. The third-order valence-corrected chi connectivity index (χ3v) is 16.1. The Hall–Kier alpha value is -6.57. The summed E-state index contributed by atoms with van der Waals surface area (Å²) in [5.41, 5.74) is 4.62. The number of carbonyl (C=O) groups is 5. The minimum absolute atomic E-state index is 0.0629. The van der Waals surface area contributed by atoms with E-state index in [-0.39, 0.29) is 80.8 Å². The van der Waals surface area contributed by atoms with Gasteiger partial charge in [0.05, 0.1) is 0 Å². The molecule has 0 aliphatic heterocycles. The van der Waals surface area contributed by atoms with E-state index in [1.165, 1.54) is 0 Å². The summed E-state index contributed by atoms with van der Waals surface area (Å²) in [7, 11) is 0. The number of carboxylic acid groups (broad SMARTS) is 1. The van der Waals surface area contributed by atoms with Crippen LogP contribution in [0.1, 0.15) is 272 Å². The molecule has 14 heteroatoms. The van der Waals surface area contributed by atoms with Gasteiger partial charge in [0.25, 0.3) is 0 Å². The summed E-state index contributed by atoms with van der Waals surface area (Å²) in [5, 5.41) is 53.4. The van der Waals surface area contributed by atoms with Gasteiger partial charge in [0.1, 0.15) is 54.8 Å². The zero-order valence-corrected chi connectivity index (χ0v) is 59.7. The summed E-state index contributed by atoms with van der Waals surface area (Å²) < 4.78 is 24.4. The number of phenols is 4.